The van der Waals surface area contributed by atoms with E-state index in [0.29, 0.717) is 16.5 Å². The quantitative estimate of drug-likeness (QED) is 0.330. The number of aromatic nitrogens is 1. The number of para-hydroxylation sites is 3. The highest BCUT2D eigenvalue weighted by Gasteiger charge is 2.07. The molecular weight excluding hydrogens is 392 g/mol. The zero-order chi connectivity index (χ0) is 20.5. The van der Waals surface area contributed by atoms with Gasteiger partial charge in [0, 0.05) is 6.08 Å². The van der Waals surface area contributed by atoms with Crippen LogP contribution in [0.1, 0.15) is 5.01 Å². The normalized spacial score (nSPS) is 10.8. The average Bonchev–Trinajstić information content (AvgIpc) is 3.17. The molecule has 0 saturated heterocycles. The third-order valence-electron chi connectivity index (χ3n) is 3.77. The van der Waals surface area contributed by atoms with Crippen LogP contribution in [0.5, 0.6) is 11.5 Å². The number of benzene rings is 2. The summed E-state index contributed by atoms with van der Waals surface area (Å²) in [5.74, 6) is 0.198. The van der Waals surface area contributed by atoms with Crippen LogP contribution >= 0.6 is 11.3 Å². The Morgan fingerprint density at radius 1 is 1.10 bits per heavy atom. The molecular formula is C21H20N2O5S. The Morgan fingerprint density at radius 2 is 1.86 bits per heavy atom. The molecule has 3 aromatic rings. The largest absolute Gasteiger partial charge is 0.493 e. The molecule has 2 aromatic carbocycles. The summed E-state index contributed by atoms with van der Waals surface area (Å²) in [4.78, 5) is 27.9. The number of hydrogen-bond acceptors (Lipinski definition) is 7. The maximum Gasteiger partial charge on any atom is 0.331 e. The molecule has 0 aliphatic heterocycles. The minimum atomic E-state index is -0.607. The second-order valence-corrected chi connectivity index (χ2v) is 6.87. The van der Waals surface area contributed by atoms with Crippen LogP contribution in [0.3, 0.4) is 0 Å². The van der Waals surface area contributed by atoms with Crippen molar-refractivity contribution >= 4 is 39.5 Å². The molecule has 0 atom stereocenters. The highest BCUT2D eigenvalue weighted by Crippen LogP contribution is 2.25. The smallest absolute Gasteiger partial charge is 0.331 e. The van der Waals surface area contributed by atoms with E-state index < -0.39 is 11.9 Å². The summed E-state index contributed by atoms with van der Waals surface area (Å²) in [6.45, 7) is 0.172. The van der Waals surface area contributed by atoms with Crippen LogP contribution in [0.25, 0.3) is 16.3 Å². The lowest BCUT2D eigenvalue weighted by molar-refractivity contribution is -0.143. The number of carbonyl (C=O) groups excluding carboxylic acids is 2. The van der Waals surface area contributed by atoms with Crippen molar-refractivity contribution in [2.45, 2.75) is 0 Å². The molecule has 150 valence electrons. The van der Waals surface area contributed by atoms with Gasteiger partial charge in [0.1, 0.15) is 11.6 Å². The second kappa shape index (κ2) is 10.2. The predicted octanol–water partition coefficient (Wildman–Crippen LogP) is 3.06. The van der Waals surface area contributed by atoms with Gasteiger partial charge in [0.25, 0.3) is 5.91 Å². The molecule has 0 saturated carbocycles. The van der Waals surface area contributed by atoms with Gasteiger partial charge in [0.05, 0.1) is 23.9 Å². The van der Waals surface area contributed by atoms with E-state index in [1.807, 2.05) is 36.4 Å². The molecule has 7 nitrogen and oxygen atoms in total. The number of methoxy groups -OCH3 is 1. The minimum Gasteiger partial charge on any atom is -0.493 e. The molecule has 0 aliphatic carbocycles. The number of amides is 1. The van der Waals surface area contributed by atoms with Gasteiger partial charge >= 0.3 is 5.97 Å². The first-order valence-electron chi connectivity index (χ1n) is 8.88. The van der Waals surface area contributed by atoms with E-state index >= 15 is 0 Å². The molecule has 8 heteroatoms. The van der Waals surface area contributed by atoms with E-state index in [9.17, 15) is 9.59 Å². The van der Waals surface area contributed by atoms with Crippen LogP contribution in [0, 0.1) is 0 Å². The van der Waals surface area contributed by atoms with Crippen molar-refractivity contribution in [3.63, 3.8) is 0 Å². The topological polar surface area (TPSA) is 86.8 Å². The lowest BCUT2D eigenvalue weighted by Crippen LogP contribution is -2.31. The molecule has 3 rings (SSSR count). The molecule has 1 amide bonds. The van der Waals surface area contributed by atoms with Gasteiger partial charge in [-0.1, -0.05) is 24.3 Å². The van der Waals surface area contributed by atoms with Crippen molar-refractivity contribution in [2.75, 3.05) is 26.9 Å². The summed E-state index contributed by atoms with van der Waals surface area (Å²) >= 11 is 1.47. The Bertz CT molecular complexity index is 982. The van der Waals surface area contributed by atoms with Crippen LogP contribution in [-0.4, -0.2) is 43.7 Å². The summed E-state index contributed by atoms with van der Waals surface area (Å²) in [6.07, 6.45) is 2.84. The molecule has 0 unspecified atom stereocenters. The van der Waals surface area contributed by atoms with Crippen molar-refractivity contribution in [2.24, 2.45) is 0 Å². The average molecular weight is 412 g/mol. The summed E-state index contributed by atoms with van der Waals surface area (Å²) < 4.78 is 16.7. The number of nitrogens with zero attached hydrogens (tertiary/aromatic N) is 1. The van der Waals surface area contributed by atoms with Crippen molar-refractivity contribution in [1.82, 2.24) is 10.3 Å². The number of ether oxygens (including phenoxy) is 3. The fourth-order valence-electron chi connectivity index (χ4n) is 2.43. The second-order valence-electron chi connectivity index (χ2n) is 5.81. The van der Waals surface area contributed by atoms with E-state index in [-0.39, 0.29) is 19.8 Å². The van der Waals surface area contributed by atoms with Gasteiger partial charge in [0.2, 0.25) is 0 Å². The Morgan fingerprint density at radius 3 is 2.66 bits per heavy atom. The fourth-order valence-corrected chi connectivity index (χ4v) is 3.30. The standard InChI is InChI=1S/C21H20N2O5S/c1-26-16-7-3-4-8-17(16)27-13-12-22-19(24)14-28-21(25)11-10-20-23-15-6-2-5-9-18(15)29-20/h2-11H,12-14H2,1H3,(H,22,24)/b11-10+. The number of fused-ring (bicyclic) bond motifs is 1. The Hall–Kier alpha value is -3.39. The van der Waals surface area contributed by atoms with Crippen molar-refractivity contribution < 1.29 is 23.8 Å². The molecule has 0 aliphatic rings. The zero-order valence-electron chi connectivity index (χ0n) is 15.8. The maximum atomic E-state index is 11.8. The van der Waals surface area contributed by atoms with Crippen LogP contribution in [-0.2, 0) is 14.3 Å². The number of thiazole rings is 1. The number of esters is 1. The summed E-state index contributed by atoms with van der Waals surface area (Å²) in [5, 5.41) is 3.32. The molecule has 1 N–H and O–H groups in total. The van der Waals surface area contributed by atoms with Gasteiger partial charge in [-0.3, -0.25) is 4.79 Å². The van der Waals surface area contributed by atoms with Crippen LogP contribution in [0.4, 0.5) is 0 Å². The number of nitrogens with one attached hydrogen (secondary N) is 1. The van der Waals surface area contributed by atoms with Crippen molar-refractivity contribution in [1.29, 1.82) is 0 Å². The fraction of sp³-hybridized carbons (Fsp3) is 0.190. The van der Waals surface area contributed by atoms with E-state index in [2.05, 4.69) is 10.3 Å². The van der Waals surface area contributed by atoms with Crippen molar-refractivity contribution in [3.8, 4) is 11.5 Å². The molecule has 0 bridgehead atoms. The summed E-state index contributed by atoms with van der Waals surface area (Å²) in [7, 11) is 1.56. The SMILES string of the molecule is COc1ccccc1OCCNC(=O)COC(=O)/C=C/c1nc2ccccc2s1. The molecule has 0 spiro atoms. The minimum absolute atomic E-state index is 0.261. The van der Waals surface area contributed by atoms with Gasteiger partial charge in [-0.05, 0) is 30.3 Å². The molecule has 29 heavy (non-hydrogen) atoms. The Kier molecular flexibility index (Phi) is 7.18. The van der Waals surface area contributed by atoms with E-state index in [0.717, 1.165) is 10.2 Å². The molecule has 0 radical (unpaired) electrons. The predicted molar refractivity (Wildman–Crippen MR) is 111 cm³/mol. The zero-order valence-corrected chi connectivity index (χ0v) is 16.6. The molecule has 1 aromatic heterocycles. The molecule has 1 heterocycles. The van der Waals surface area contributed by atoms with E-state index in [1.165, 1.54) is 17.4 Å². The highest BCUT2D eigenvalue weighted by atomic mass is 32.1. The number of hydrogen-bond donors (Lipinski definition) is 1. The van der Waals surface area contributed by atoms with Crippen LogP contribution in [0.2, 0.25) is 0 Å². The first kappa shape index (κ1) is 20.3. The molecule has 0 fully saturated rings. The van der Waals surface area contributed by atoms with Gasteiger partial charge < -0.3 is 19.5 Å². The van der Waals surface area contributed by atoms with Crippen LogP contribution < -0.4 is 14.8 Å². The number of carbonyl (C=O) groups is 2. The first-order valence-corrected chi connectivity index (χ1v) is 9.70. The lowest BCUT2D eigenvalue weighted by atomic mass is 10.3. The van der Waals surface area contributed by atoms with Crippen molar-refractivity contribution in [3.05, 3.63) is 59.6 Å². The van der Waals surface area contributed by atoms with Gasteiger partial charge in [-0.15, -0.1) is 11.3 Å². The van der Waals surface area contributed by atoms with Gasteiger partial charge in [0.15, 0.2) is 18.1 Å². The Balaban J connectivity index is 1.36. The van der Waals surface area contributed by atoms with Gasteiger partial charge in [-0.2, -0.15) is 0 Å². The monoisotopic (exact) mass is 412 g/mol. The summed E-state index contributed by atoms with van der Waals surface area (Å²) in [6, 6.07) is 14.9. The Labute approximate surface area is 171 Å². The highest BCUT2D eigenvalue weighted by molar-refractivity contribution is 7.19. The van der Waals surface area contributed by atoms with Gasteiger partial charge in [-0.25, -0.2) is 9.78 Å². The summed E-state index contributed by atoms with van der Waals surface area (Å²) in [5.41, 5.74) is 0.875. The lowest BCUT2D eigenvalue weighted by Gasteiger charge is -2.10. The van der Waals surface area contributed by atoms with E-state index in [1.54, 1.807) is 25.3 Å². The third-order valence-corrected chi connectivity index (χ3v) is 4.77. The van der Waals surface area contributed by atoms with E-state index in [4.69, 9.17) is 14.2 Å². The first-order chi connectivity index (χ1) is 14.2. The maximum absolute atomic E-state index is 11.8. The third kappa shape index (κ3) is 6.05. The number of rotatable bonds is 9. The van der Waals surface area contributed by atoms with Crippen LogP contribution in [0.15, 0.2) is 54.6 Å².